The molecule has 2 aromatic rings. The first-order valence-electron chi connectivity index (χ1n) is 7.81. The van der Waals surface area contributed by atoms with Gasteiger partial charge in [0.1, 0.15) is 18.1 Å². The minimum Gasteiger partial charge on any atom is -0.489 e. The molecule has 23 heavy (non-hydrogen) atoms. The van der Waals surface area contributed by atoms with Crippen molar-refractivity contribution in [2.24, 2.45) is 0 Å². The van der Waals surface area contributed by atoms with E-state index in [0.29, 0.717) is 12.4 Å². The van der Waals surface area contributed by atoms with Crippen molar-refractivity contribution >= 4 is 5.97 Å². The van der Waals surface area contributed by atoms with E-state index in [-0.39, 0.29) is 5.97 Å². The quantitative estimate of drug-likeness (QED) is 0.595. The van der Waals surface area contributed by atoms with Gasteiger partial charge in [0.15, 0.2) is 0 Å². The normalized spacial score (nSPS) is 15.3. The zero-order valence-corrected chi connectivity index (χ0v) is 13.2. The highest BCUT2D eigenvalue weighted by Gasteiger charge is 2.43. The SMILES string of the molecule is CC(=O)OC1(Oc2cccc(OCc3ccccc3)c2)CCC1. The summed E-state index contributed by atoms with van der Waals surface area (Å²) in [5.74, 6) is 0.255. The van der Waals surface area contributed by atoms with Crippen LogP contribution in [0.2, 0.25) is 0 Å². The third-order valence-electron chi connectivity index (χ3n) is 3.80. The Morgan fingerprint density at radius 3 is 2.43 bits per heavy atom. The lowest BCUT2D eigenvalue weighted by atomic mass is 9.91. The summed E-state index contributed by atoms with van der Waals surface area (Å²) < 4.78 is 17.1. The Balaban J connectivity index is 1.64. The predicted octanol–water partition coefficient (Wildman–Crippen LogP) is 4.09. The maximum Gasteiger partial charge on any atom is 0.305 e. The van der Waals surface area contributed by atoms with E-state index in [1.807, 2.05) is 54.6 Å². The highest BCUT2D eigenvalue weighted by molar-refractivity contribution is 5.66. The molecule has 0 spiro atoms. The molecule has 0 bridgehead atoms. The molecule has 1 aliphatic rings. The molecule has 0 heterocycles. The number of ether oxygens (including phenoxy) is 3. The number of rotatable bonds is 6. The van der Waals surface area contributed by atoms with Gasteiger partial charge in [-0.25, -0.2) is 0 Å². The second kappa shape index (κ2) is 6.73. The van der Waals surface area contributed by atoms with E-state index in [9.17, 15) is 4.79 Å². The van der Waals surface area contributed by atoms with E-state index < -0.39 is 5.79 Å². The molecule has 2 aromatic carbocycles. The molecule has 120 valence electrons. The maximum atomic E-state index is 11.2. The van der Waals surface area contributed by atoms with Crippen LogP contribution >= 0.6 is 0 Å². The minimum absolute atomic E-state index is 0.318. The van der Waals surface area contributed by atoms with Crippen LogP contribution < -0.4 is 9.47 Å². The summed E-state index contributed by atoms with van der Waals surface area (Å²) in [5, 5.41) is 0. The van der Waals surface area contributed by atoms with Crippen molar-refractivity contribution in [1.82, 2.24) is 0 Å². The van der Waals surface area contributed by atoms with Crippen LogP contribution in [0.1, 0.15) is 31.7 Å². The molecular formula is C19H20O4. The van der Waals surface area contributed by atoms with Gasteiger partial charge in [-0.15, -0.1) is 0 Å². The van der Waals surface area contributed by atoms with Gasteiger partial charge in [0.05, 0.1) is 0 Å². The molecule has 4 heteroatoms. The Morgan fingerprint density at radius 1 is 1.04 bits per heavy atom. The first-order valence-corrected chi connectivity index (χ1v) is 7.81. The Labute approximate surface area is 136 Å². The monoisotopic (exact) mass is 312 g/mol. The van der Waals surface area contributed by atoms with E-state index in [0.717, 1.165) is 30.6 Å². The van der Waals surface area contributed by atoms with Crippen LogP contribution in [0.4, 0.5) is 0 Å². The van der Waals surface area contributed by atoms with Gasteiger partial charge in [0, 0.05) is 25.8 Å². The van der Waals surface area contributed by atoms with Crippen molar-refractivity contribution in [2.45, 2.75) is 38.6 Å². The average molecular weight is 312 g/mol. The van der Waals surface area contributed by atoms with Gasteiger partial charge < -0.3 is 14.2 Å². The lowest BCUT2D eigenvalue weighted by molar-refractivity contribution is -0.223. The Morgan fingerprint density at radius 2 is 1.78 bits per heavy atom. The number of carbonyl (C=O) groups is 1. The molecule has 1 saturated carbocycles. The maximum absolute atomic E-state index is 11.2. The van der Waals surface area contributed by atoms with Crippen molar-refractivity contribution in [3.63, 3.8) is 0 Å². The smallest absolute Gasteiger partial charge is 0.305 e. The zero-order chi connectivity index (χ0) is 16.1. The van der Waals surface area contributed by atoms with Crippen molar-refractivity contribution in [3.8, 4) is 11.5 Å². The lowest BCUT2D eigenvalue weighted by Gasteiger charge is -2.40. The molecule has 0 aliphatic heterocycles. The van der Waals surface area contributed by atoms with Crippen molar-refractivity contribution in [1.29, 1.82) is 0 Å². The molecule has 0 saturated heterocycles. The summed E-state index contributed by atoms with van der Waals surface area (Å²) >= 11 is 0. The summed E-state index contributed by atoms with van der Waals surface area (Å²) in [7, 11) is 0. The van der Waals surface area contributed by atoms with Crippen LogP contribution in [0, 0.1) is 0 Å². The fourth-order valence-corrected chi connectivity index (χ4v) is 2.54. The van der Waals surface area contributed by atoms with Crippen LogP contribution in [0.3, 0.4) is 0 Å². The molecule has 1 aliphatic carbocycles. The van der Waals surface area contributed by atoms with Crippen LogP contribution in [-0.4, -0.2) is 11.8 Å². The third kappa shape index (κ3) is 4.03. The molecule has 0 amide bonds. The molecule has 0 unspecified atom stereocenters. The molecule has 0 aromatic heterocycles. The fraction of sp³-hybridized carbons (Fsp3) is 0.316. The largest absolute Gasteiger partial charge is 0.489 e. The van der Waals surface area contributed by atoms with Crippen LogP contribution in [0.15, 0.2) is 54.6 Å². The van der Waals surface area contributed by atoms with Crippen molar-refractivity contribution < 1.29 is 19.0 Å². The summed E-state index contributed by atoms with van der Waals surface area (Å²) in [6, 6.07) is 17.4. The third-order valence-corrected chi connectivity index (χ3v) is 3.80. The Hall–Kier alpha value is -2.49. The molecule has 0 atom stereocenters. The number of esters is 1. The molecule has 1 fully saturated rings. The van der Waals surface area contributed by atoms with E-state index >= 15 is 0 Å². The van der Waals surface area contributed by atoms with Gasteiger partial charge in [-0.05, 0) is 24.1 Å². The highest BCUT2D eigenvalue weighted by atomic mass is 16.7. The number of benzene rings is 2. The van der Waals surface area contributed by atoms with Gasteiger partial charge in [-0.2, -0.15) is 0 Å². The second-order valence-electron chi connectivity index (χ2n) is 5.71. The lowest BCUT2D eigenvalue weighted by Crippen LogP contribution is -2.46. The molecule has 0 radical (unpaired) electrons. The fourth-order valence-electron chi connectivity index (χ4n) is 2.54. The standard InChI is InChI=1S/C19H20O4/c1-15(20)22-19(11-6-12-19)23-18-10-5-9-17(13-18)21-14-16-7-3-2-4-8-16/h2-5,7-10,13H,6,11-12,14H2,1H3. The van der Waals surface area contributed by atoms with Crippen molar-refractivity contribution in [3.05, 3.63) is 60.2 Å². The van der Waals surface area contributed by atoms with Gasteiger partial charge in [0.25, 0.3) is 5.79 Å². The first kappa shape index (κ1) is 15.4. The van der Waals surface area contributed by atoms with Gasteiger partial charge in [-0.3, -0.25) is 4.79 Å². The number of carbonyl (C=O) groups excluding carboxylic acids is 1. The summed E-state index contributed by atoms with van der Waals surface area (Å²) in [6.45, 7) is 1.90. The number of hydrogen-bond donors (Lipinski definition) is 0. The summed E-state index contributed by atoms with van der Waals surface area (Å²) in [5.41, 5.74) is 1.11. The summed E-state index contributed by atoms with van der Waals surface area (Å²) in [6.07, 6.45) is 2.45. The summed E-state index contributed by atoms with van der Waals surface area (Å²) in [4.78, 5) is 11.2. The van der Waals surface area contributed by atoms with E-state index in [2.05, 4.69) is 0 Å². The molecular weight excluding hydrogens is 292 g/mol. The van der Waals surface area contributed by atoms with E-state index in [1.165, 1.54) is 6.92 Å². The number of hydrogen-bond acceptors (Lipinski definition) is 4. The Bertz CT molecular complexity index is 662. The first-order chi connectivity index (χ1) is 11.2. The van der Waals surface area contributed by atoms with Gasteiger partial charge in [0.2, 0.25) is 0 Å². The van der Waals surface area contributed by atoms with Crippen LogP contribution in [-0.2, 0) is 16.1 Å². The second-order valence-corrected chi connectivity index (χ2v) is 5.71. The predicted molar refractivity (Wildman–Crippen MR) is 86.2 cm³/mol. The van der Waals surface area contributed by atoms with Crippen LogP contribution in [0.25, 0.3) is 0 Å². The van der Waals surface area contributed by atoms with Crippen molar-refractivity contribution in [2.75, 3.05) is 0 Å². The molecule has 3 rings (SSSR count). The highest BCUT2D eigenvalue weighted by Crippen LogP contribution is 2.38. The topological polar surface area (TPSA) is 44.8 Å². The van der Waals surface area contributed by atoms with Crippen LogP contribution in [0.5, 0.6) is 11.5 Å². The van der Waals surface area contributed by atoms with E-state index in [4.69, 9.17) is 14.2 Å². The zero-order valence-electron chi connectivity index (χ0n) is 13.2. The Kier molecular flexibility index (Phi) is 4.51. The molecule has 4 nitrogen and oxygen atoms in total. The average Bonchev–Trinajstić information content (AvgIpc) is 2.52. The van der Waals surface area contributed by atoms with Gasteiger partial charge in [-0.1, -0.05) is 36.4 Å². The molecule has 0 N–H and O–H groups in total. The van der Waals surface area contributed by atoms with Gasteiger partial charge >= 0.3 is 5.97 Å². The minimum atomic E-state index is -0.802. The van der Waals surface area contributed by atoms with E-state index in [1.54, 1.807) is 0 Å².